The van der Waals surface area contributed by atoms with Crippen LogP contribution in [0.4, 0.5) is 4.39 Å². The van der Waals surface area contributed by atoms with Crippen LogP contribution in [-0.2, 0) is 13.1 Å². The van der Waals surface area contributed by atoms with Gasteiger partial charge in [0.05, 0.1) is 0 Å². The SMILES string of the molecule is CN=C(NCCn1cccc1)NCc1ccc(F)c(C)c1.I. The van der Waals surface area contributed by atoms with Crippen molar-refractivity contribution in [2.75, 3.05) is 13.6 Å². The van der Waals surface area contributed by atoms with Gasteiger partial charge in [-0.15, -0.1) is 24.0 Å². The van der Waals surface area contributed by atoms with Crippen molar-refractivity contribution >= 4 is 29.9 Å². The lowest BCUT2D eigenvalue weighted by Gasteiger charge is -2.12. The van der Waals surface area contributed by atoms with E-state index in [9.17, 15) is 4.39 Å². The number of nitrogens with zero attached hydrogens (tertiary/aromatic N) is 2. The number of aromatic nitrogens is 1. The normalized spacial score (nSPS) is 11.0. The molecule has 0 fully saturated rings. The molecule has 0 radical (unpaired) electrons. The van der Waals surface area contributed by atoms with Crippen LogP contribution in [0.1, 0.15) is 11.1 Å². The van der Waals surface area contributed by atoms with Crippen LogP contribution in [0, 0.1) is 12.7 Å². The lowest BCUT2D eigenvalue weighted by molar-refractivity contribution is 0.617. The van der Waals surface area contributed by atoms with Gasteiger partial charge in [0.25, 0.3) is 0 Å². The van der Waals surface area contributed by atoms with E-state index in [0.717, 1.165) is 24.6 Å². The van der Waals surface area contributed by atoms with Crippen molar-refractivity contribution in [3.8, 4) is 0 Å². The Bertz CT molecular complexity index is 596. The summed E-state index contributed by atoms with van der Waals surface area (Å²) in [6.45, 7) is 4.05. The van der Waals surface area contributed by atoms with Gasteiger partial charge in [0.1, 0.15) is 5.82 Å². The van der Waals surface area contributed by atoms with Crippen LogP contribution < -0.4 is 10.6 Å². The molecule has 6 heteroatoms. The van der Waals surface area contributed by atoms with Crippen LogP contribution in [0.2, 0.25) is 0 Å². The van der Waals surface area contributed by atoms with Crippen LogP contribution >= 0.6 is 24.0 Å². The molecule has 1 aromatic carbocycles. The fourth-order valence-corrected chi connectivity index (χ4v) is 2.05. The molecule has 0 amide bonds. The Labute approximate surface area is 147 Å². The van der Waals surface area contributed by atoms with Crippen LogP contribution in [-0.4, -0.2) is 24.1 Å². The minimum Gasteiger partial charge on any atom is -0.355 e. The molecule has 0 atom stereocenters. The van der Waals surface area contributed by atoms with Crippen LogP contribution in [0.15, 0.2) is 47.7 Å². The zero-order valence-electron chi connectivity index (χ0n) is 12.8. The summed E-state index contributed by atoms with van der Waals surface area (Å²) in [4.78, 5) is 4.17. The minimum absolute atomic E-state index is 0. The molecule has 1 aromatic heterocycles. The maximum atomic E-state index is 13.2. The van der Waals surface area contributed by atoms with Gasteiger partial charge in [-0.1, -0.05) is 12.1 Å². The fraction of sp³-hybridized carbons (Fsp3) is 0.312. The van der Waals surface area contributed by atoms with Gasteiger partial charge in [-0.3, -0.25) is 4.99 Å². The smallest absolute Gasteiger partial charge is 0.191 e. The third-order valence-electron chi connectivity index (χ3n) is 3.23. The lowest BCUT2D eigenvalue weighted by Crippen LogP contribution is -2.38. The molecule has 4 nitrogen and oxygen atoms in total. The Morgan fingerprint density at radius 3 is 2.59 bits per heavy atom. The summed E-state index contributed by atoms with van der Waals surface area (Å²) < 4.78 is 15.3. The molecule has 120 valence electrons. The molecule has 1 heterocycles. The molecule has 22 heavy (non-hydrogen) atoms. The highest BCUT2D eigenvalue weighted by molar-refractivity contribution is 14.0. The zero-order chi connectivity index (χ0) is 15.1. The maximum Gasteiger partial charge on any atom is 0.191 e. The van der Waals surface area contributed by atoms with Crippen LogP contribution in [0.3, 0.4) is 0 Å². The van der Waals surface area contributed by atoms with Crippen molar-refractivity contribution < 1.29 is 4.39 Å². The molecule has 0 spiro atoms. The summed E-state index contributed by atoms with van der Waals surface area (Å²) in [5.74, 6) is 0.567. The molecule has 2 aromatic rings. The number of hydrogen-bond acceptors (Lipinski definition) is 1. The average molecular weight is 416 g/mol. The first kappa shape index (κ1) is 18.5. The standard InChI is InChI=1S/C16H21FN4.HI/c1-13-11-14(5-6-15(13)17)12-20-16(18-2)19-7-10-21-8-3-4-9-21;/h3-6,8-9,11H,7,10,12H2,1-2H3,(H2,18,19,20);1H. The molecule has 0 saturated carbocycles. The van der Waals surface area contributed by atoms with E-state index in [2.05, 4.69) is 20.2 Å². The number of aryl methyl sites for hydroxylation is 1. The Kier molecular flexibility index (Phi) is 7.94. The average Bonchev–Trinajstić information content (AvgIpc) is 2.99. The van der Waals surface area contributed by atoms with Gasteiger partial charge in [-0.2, -0.15) is 0 Å². The Hall–Kier alpha value is -1.57. The van der Waals surface area contributed by atoms with Gasteiger partial charge in [-0.25, -0.2) is 4.39 Å². The maximum absolute atomic E-state index is 13.2. The van der Waals surface area contributed by atoms with E-state index in [1.165, 1.54) is 6.07 Å². The molecule has 0 aliphatic rings. The van der Waals surface area contributed by atoms with E-state index in [1.54, 1.807) is 20.0 Å². The third-order valence-corrected chi connectivity index (χ3v) is 3.23. The van der Waals surface area contributed by atoms with Crippen molar-refractivity contribution in [2.45, 2.75) is 20.0 Å². The molecular weight excluding hydrogens is 394 g/mol. The highest BCUT2D eigenvalue weighted by atomic mass is 127. The van der Waals surface area contributed by atoms with Gasteiger partial charge in [0.15, 0.2) is 5.96 Å². The summed E-state index contributed by atoms with van der Waals surface area (Å²) >= 11 is 0. The number of halogens is 2. The van der Waals surface area contributed by atoms with E-state index in [-0.39, 0.29) is 29.8 Å². The lowest BCUT2D eigenvalue weighted by atomic mass is 10.1. The Morgan fingerprint density at radius 2 is 1.95 bits per heavy atom. The van der Waals surface area contributed by atoms with Gasteiger partial charge in [0, 0.05) is 39.1 Å². The molecular formula is C16H22FIN4. The number of aliphatic imine (C=N–C) groups is 1. The largest absolute Gasteiger partial charge is 0.355 e. The summed E-state index contributed by atoms with van der Waals surface area (Å²) in [6.07, 6.45) is 4.05. The van der Waals surface area contributed by atoms with Crippen molar-refractivity contribution in [1.82, 2.24) is 15.2 Å². The quantitative estimate of drug-likeness (QED) is 0.447. The minimum atomic E-state index is -0.173. The molecule has 2 rings (SSSR count). The molecule has 0 unspecified atom stereocenters. The van der Waals surface area contributed by atoms with Crippen molar-refractivity contribution in [1.29, 1.82) is 0 Å². The van der Waals surface area contributed by atoms with Gasteiger partial charge < -0.3 is 15.2 Å². The molecule has 0 saturated heterocycles. The highest BCUT2D eigenvalue weighted by Gasteiger charge is 2.01. The summed E-state index contributed by atoms with van der Waals surface area (Å²) in [5.41, 5.74) is 1.69. The first-order valence-electron chi connectivity index (χ1n) is 6.99. The van der Waals surface area contributed by atoms with E-state index < -0.39 is 0 Å². The predicted octanol–water partition coefficient (Wildman–Crippen LogP) is 2.92. The molecule has 0 bridgehead atoms. The van der Waals surface area contributed by atoms with Gasteiger partial charge in [0.2, 0.25) is 0 Å². The summed E-state index contributed by atoms with van der Waals surface area (Å²) in [6, 6.07) is 9.13. The van der Waals surface area contributed by atoms with E-state index in [0.29, 0.717) is 12.1 Å². The van der Waals surface area contributed by atoms with E-state index in [4.69, 9.17) is 0 Å². The number of guanidine groups is 1. The monoisotopic (exact) mass is 416 g/mol. The number of nitrogens with one attached hydrogen (secondary N) is 2. The molecule has 2 N–H and O–H groups in total. The second kappa shape index (κ2) is 9.45. The highest BCUT2D eigenvalue weighted by Crippen LogP contribution is 2.08. The summed E-state index contributed by atoms with van der Waals surface area (Å²) in [5, 5.41) is 6.47. The number of benzene rings is 1. The summed E-state index contributed by atoms with van der Waals surface area (Å²) in [7, 11) is 1.74. The second-order valence-electron chi connectivity index (χ2n) is 4.86. The van der Waals surface area contributed by atoms with Crippen molar-refractivity contribution in [2.24, 2.45) is 4.99 Å². The first-order chi connectivity index (χ1) is 10.2. The molecule has 0 aliphatic carbocycles. The van der Waals surface area contributed by atoms with Gasteiger partial charge >= 0.3 is 0 Å². The zero-order valence-corrected chi connectivity index (χ0v) is 15.2. The fourth-order valence-electron chi connectivity index (χ4n) is 2.05. The molecule has 0 aliphatic heterocycles. The predicted molar refractivity (Wildman–Crippen MR) is 99.2 cm³/mol. The Morgan fingerprint density at radius 1 is 1.23 bits per heavy atom. The van der Waals surface area contributed by atoms with Gasteiger partial charge in [-0.05, 0) is 36.2 Å². The van der Waals surface area contributed by atoms with Crippen LogP contribution in [0.5, 0.6) is 0 Å². The topological polar surface area (TPSA) is 41.4 Å². The Balaban J connectivity index is 0.00000242. The van der Waals surface area contributed by atoms with E-state index >= 15 is 0 Å². The number of hydrogen-bond donors (Lipinski definition) is 2. The van der Waals surface area contributed by atoms with E-state index in [1.807, 2.05) is 30.6 Å². The first-order valence-corrected chi connectivity index (χ1v) is 6.99. The number of rotatable bonds is 5. The third kappa shape index (κ3) is 5.67. The second-order valence-corrected chi connectivity index (χ2v) is 4.86. The van der Waals surface area contributed by atoms with Crippen molar-refractivity contribution in [3.05, 3.63) is 59.7 Å². The van der Waals surface area contributed by atoms with Crippen molar-refractivity contribution in [3.63, 3.8) is 0 Å². The van der Waals surface area contributed by atoms with Crippen LogP contribution in [0.25, 0.3) is 0 Å².